The van der Waals surface area contributed by atoms with Crippen LogP contribution in [0.1, 0.15) is 18.4 Å². The second-order valence-electron chi connectivity index (χ2n) is 6.15. The van der Waals surface area contributed by atoms with Crippen molar-refractivity contribution in [2.75, 3.05) is 33.2 Å². The van der Waals surface area contributed by atoms with Crippen molar-refractivity contribution < 1.29 is 9.59 Å². The summed E-state index contributed by atoms with van der Waals surface area (Å²) in [7, 11) is 1.74. The molecule has 0 aliphatic carbocycles. The molecule has 0 aromatic heterocycles. The number of amides is 2. The van der Waals surface area contributed by atoms with Gasteiger partial charge in [0, 0.05) is 46.2 Å². The van der Waals surface area contributed by atoms with E-state index in [0.29, 0.717) is 12.8 Å². The molecule has 2 aliphatic heterocycles. The largest absolute Gasteiger partial charge is 0.338 e. The molecule has 0 radical (unpaired) electrons. The van der Waals surface area contributed by atoms with Gasteiger partial charge in [0.2, 0.25) is 11.8 Å². The molecule has 2 aliphatic rings. The van der Waals surface area contributed by atoms with Crippen molar-refractivity contribution in [2.45, 2.75) is 25.4 Å². The Labute approximate surface area is 131 Å². The molecule has 2 saturated heterocycles. The van der Waals surface area contributed by atoms with E-state index in [1.54, 1.807) is 11.9 Å². The van der Waals surface area contributed by atoms with Gasteiger partial charge in [-0.25, -0.2) is 0 Å². The van der Waals surface area contributed by atoms with Crippen molar-refractivity contribution in [3.63, 3.8) is 0 Å². The molecule has 5 nitrogen and oxygen atoms in total. The van der Waals surface area contributed by atoms with Gasteiger partial charge in [-0.05, 0) is 12.0 Å². The number of hydrogen-bond donors (Lipinski definition) is 0. The van der Waals surface area contributed by atoms with E-state index in [0.717, 1.165) is 32.7 Å². The lowest BCUT2D eigenvalue weighted by atomic mass is 10.1. The first-order chi connectivity index (χ1) is 10.6. The molecule has 2 heterocycles. The zero-order chi connectivity index (χ0) is 15.5. The van der Waals surface area contributed by atoms with Crippen LogP contribution in [0.2, 0.25) is 0 Å². The van der Waals surface area contributed by atoms with Gasteiger partial charge in [-0.1, -0.05) is 30.3 Å². The van der Waals surface area contributed by atoms with Gasteiger partial charge in [-0.2, -0.15) is 0 Å². The zero-order valence-electron chi connectivity index (χ0n) is 13.1. The maximum atomic E-state index is 12.5. The van der Waals surface area contributed by atoms with Gasteiger partial charge in [0.1, 0.15) is 6.04 Å². The predicted molar refractivity (Wildman–Crippen MR) is 84.1 cm³/mol. The molecule has 5 heteroatoms. The minimum Gasteiger partial charge on any atom is -0.338 e. The third-order valence-corrected chi connectivity index (χ3v) is 4.71. The van der Waals surface area contributed by atoms with E-state index >= 15 is 0 Å². The zero-order valence-corrected chi connectivity index (χ0v) is 13.1. The average molecular weight is 301 g/mol. The van der Waals surface area contributed by atoms with E-state index in [4.69, 9.17) is 0 Å². The van der Waals surface area contributed by atoms with Gasteiger partial charge >= 0.3 is 0 Å². The summed E-state index contributed by atoms with van der Waals surface area (Å²) in [5, 5.41) is 0. The lowest BCUT2D eigenvalue weighted by molar-refractivity contribution is -0.141. The van der Waals surface area contributed by atoms with Crippen LogP contribution in [-0.4, -0.2) is 65.8 Å². The van der Waals surface area contributed by atoms with Crippen LogP contribution in [0.5, 0.6) is 0 Å². The molecule has 0 spiro atoms. The number of hydrogen-bond acceptors (Lipinski definition) is 3. The fraction of sp³-hybridized carbons (Fsp3) is 0.529. The Hall–Kier alpha value is -1.88. The molecule has 22 heavy (non-hydrogen) atoms. The van der Waals surface area contributed by atoms with E-state index in [9.17, 15) is 9.59 Å². The molecule has 1 unspecified atom stereocenters. The van der Waals surface area contributed by atoms with Crippen molar-refractivity contribution in [3.8, 4) is 0 Å². The van der Waals surface area contributed by atoms with Crippen LogP contribution < -0.4 is 0 Å². The Bertz CT molecular complexity index is 538. The Morgan fingerprint density at radius 2 is 1.82 bits per heavy atom. The number of likely N-dealkylation sites (tertiary alicyclic amines) is 1. The van der Waals surface area contributed by atoms with Gasteiger partial charge < -0.3 is 9.80 Å². The summed E-state index contributed by atoms with van der Waals surface area (Å²) >= 11 is 0. The van der Waals surface area contributed by atoms with Crippen LogP contribution in [0.3, 0.4) is 0 Å². The van der Waals surface area contributed by atoms with Crippen LogP contribution in [0.15, 0.2) is 30.3 Å². The topological polar surface area (TPSA) is 43.9 Å². The van der Waals surface area contributed by atoms with Gasteiger partial charge in [0.05, 0.1) is 0 Å². The second kappa shape index (κ2) is 6.48. The molecule has 3 rings (SSSR count). The molecule has 1 aromatic carbocycles. The fourth-order valence-electron chi connectivity index (χ4n) is 3.27. The average Bonchev–Trinajstić information content (AvgIpc) is 2.88. The van der Waals surface area contributed by atoms with Crippen molar-refractivity contribution >= 4 is 11.8 Å². The second-order valence-corrected chi connectivity index (χ2v) is 6.15. The monoisotopic (exact) mass is 301 g/mol. The van der Waals surface area contributed by atoms with Crippen LogP contribution in [-0.2, 0) is 16.1 Å². The highest BCUT2D eigenvalue weighted by Gasteiger charge is 2.36. The highest BCUT2D eigenvalue weighted by Crippen LogP contribution is 2.19. The molecule has 0 N–H and O–H groups in total. The van der Waals surface area contributed by atoms with E-state index in [1.165, 1.54) is 5.56 Å². The Kier molecular flexibility index (Phi) is 4.43. The summed E-state index contributed by atoms with van der Waals surface area (Å²) in [5.41, 5.74) is 1.31. The van der Waals surface area contributed by atoms with E-state index in [-0.39, 0.29) is 17.9 Å². The van der Waals surface area contributed by atoms with Crippen molar-refractivity contribution in [1.82, 2.24) is 14.7 Å². The minimum absolute atomic E-state index is 0.0843. The summed E-state index contributed by atoms with van der Waals surface area (Å²) in [4.78, 5) is 30.0. The summed E-state index contributed by atoms with van der Waals surface area (Å²) in [6.45, 7) is 4.23. The normalized spacial score (nSPS) is 23.1. The molecule has 1 atom stereocenters. The Morgan fingerprint density at radius 3 is 2.41 bits per heavy atom. The van der Waals surface area contributed by atoms with Gasteiger partial charge in [-0.3, -0.25) is 14.5 Å². The number of nitrogens with zero attached hydrogens (tertiary/aromatic N) is 3. The molecule has 0 bridgehead atoms. The van der Waals surface area contributed by atoms with Crippen molar-refractivity contribution in [3.05, 3.63) is 35.9 Å². The maximum Gasteiger partial charge on any atom is 0.245 e. The lowest BCUT2D eigenvalue weighted by Crippen LogP contribution is -2.53. The molecular weight excluding hydrogens is 278 g/mol. The number of rotatable bonds is 3. The SMILES string of the molecule is CN1C(=O)CCC1C(=O)N1CCN(Cc2ccccc2)CC1. The number of likely N-dealkylation sites (N-methyl/N-ethyl adjacent to an activating group) is 1. The highest BCUT2D eigenvalue weighted by molar-refractivity contribution is 5.90. The van der Waals surface area contributed by atoms with E-state index in [1.807, 2.05) is 11.0 Å². The molecule has 2 fully saturated rings. The van der Waals surface area contributed by atoms with E-state index in [2.05, 4.69) is 29.2 Å². The number of carbonyl (C=O) groups excluding carboxylic acids is 2. The van der Waals surface area contributed by atoms with Gasteiger partial charge in [-0.15, -0.1) is 0 Å². The fourth-order valence-corrected chi connectivity index (χ4v) is 3.27. The van der Waals surface area contributed by atoms with Crippen LogP contribution in [0.4, 0.5) is 0 Å². The van der Waals surface area contributed by atoms with Crippen LogP contribution in [0, 0.1) is 0 Å². The first kappa shape index (κ1) is 15.0. The van der Waals surface area contributed by atoms with Crippen LogP contribution >= 0.6 is 0 Å². The summed E-state index contributed by atoms with van der Waals surface area (Å²) < 4.78 is 0. The molecular formula is C17H23N3O2. The molecule has 1 aromatic rings. The van der Waals surface area contributed by atoms with Crippen LogP contribution in [0.25, 0.3) is 0 Å². The van der Waals surface area contributed by atoms with E-state index < -0.39 is 0 Å². The summed E-state index contributed by atoms with van der Waals surface area (Å²) in [6.07, 6.45) is 1.17. The minimum atomic E-state index is -0.242. The first-order valence-corrected chi connectivity index (χ1v) is 7.96. The standard InChI is InChI=1S/C17H23N3O2/c1-18-15(7-8-16(18)21)17(22)20-11-9-19(10-12-20)13-14-5-3-2-4-6-14/h2-6,15H,7-13H2,1H3. The Balaban J connectivity index is 1.51. The predicted octanol–water partition coefficient (Wildman–Crippen LogP) is 0.952. The van der Waals surface area contributed by atoms with Gasteiger partial charge in [0.15, 0.2) is 0 Å². The summed E-state index contributed by atoms with van der Waals surface area (Å²) in [6, 6.07) is 10.2. The smallest absolute Gasteiger partial charge is 0.245 e. The number of benzene rings is 1. The number of carbonyl (C=O) groups is 2. The van der Waals surface area contributed by atoms with Crippen molar-refractivity contribution in [1.29, 1.82) is 0 Å². The maximum absolute atomic E-state index is 12.5. The van der Waals surface area contributed by atoms with Crippen molar-refractivity contribution in [2.24, 2.45) is 0 Å². The Morgan fingerprint density at radius 1 is 1.14 bits per heavy atom. The highest BCUT2D eigenvalue weighted by atomic mass is 16.2. The molecule has 0 saturated carbocycles. The first-order valence-electron chi connectivity index (χ1n) is 7.96. The van der Waals surface area contributed by atoms with Gasteiger partial charge in [0.25, 0.3) is 0 Å². The lowest BCUT2D eigenvalue weighted by Gasteiger charge is -2.36. The molecule has 118 valence electrons. The third kappa shape index (κ3) is 3.14. The number of piperazine rings is 1. The summed E-state index contributed by atoms with van der Waals surface area (Å²) in [5.74, 6) is 0.203. The third-order valence-electron chi connectivity index (χ3n) is 4.71. The quantitative estimate of drug-likeness (QED) is 0.835. The molecule has 2 amide bonds.